The topological polar surface area (TPSA) is 47.3 Å². The summed E-state index contributed by atoms with van der Waals surface area (Å²) in [5, 5.41) is 0. The lowest BCUT2D eigenvalue weighted by Gasteiger charge is -2.04. The number of rotatable bonds is 3. The standard InChI is InChI=1S/C25H17FO3S/c1-3-14-9-19-18(8-13(14)2)24(27)20(25(19)28)10-17-11-22-23(30-17)12-21(29-22)15-4-6-16(26)7-5-15/h4-12H,3H2,1-2H3/b20-10-. The van der Waals surface area contributed by atoms with Crippen molar-refractivity contribution in [1.29, 1.82) is 0 Å². The number of hydrogen-bond donors (Lipinski definition) is 0. The predicted molar refractivity (Wildman–Crippen MR) is 117 cm³/mol. The van der Waals surface area contributed by atoms with Crippen LogP contribution in [-0.4, -0.2) is 11.6 Å². The monoisotopic (exact) mass is 416 g/mol. The van der Waals surface area contributed by atoms with Gasteiger partial charge in [-0.05, 0) is 73.0 Å². The first-order valence-corrected chi connectivity index (χ1v) is 10.5. The summed E-state index contributed by atoms with van der Waals surface area (Å²) in [5.74, 6) is -0.0906. The van der Waals surface area contributed by atoms with Crippen molar-refractivity contribution in [3.63, 3.8) is 0 Å². The van der Waals surface area contributed by atoms with Gasteiger partial charge in [0.2, 0.25) is 0 Å². The number of benzene rings is 2. The molecule has 0 unspecified atom stereocenters. The fourth-order valence-electron chi connectivity index (χ4n) is 3.86. The maximum atomic E-state index is 13.1. The van der Waals surface area contributed by atoms with E-state index in [0.717, 1.165) is 32.7 Å². The third-order valence-corrected chi connectivity index (χ3v) is 6.49. The third kappa shape index (κ3) is 2.94. The van der Waals surface area contributed by atoms with Gasteiger partial charge in [0.05, 0.1) is 10.3 Å². The number of thiophene rings is 1. The number of hydrogen-bond acceptors (Lipinski definition) is 4. The lowest BCUT2D eigenvalue weighted by molar-refractivity contribution is 0.0990. The van der Waals surface area contributed by atoms with E-state index in [1.165, 1.54) is 23.5 Å². The van der Waals surface area contributed by atoms with Gasteiger partial charge in [-0.15, -0.1) is 11.3 Å². The number of carbonyl (C=O) groups excluding carboxylic acids is 2. The van der Waals surface area contributed by atoms with Crippen molar-refractivity contribution in [3.8, 4) is 11.3 Å². The van der Waals surface area contributed by atoms with Crippen molar-refractivity contribution < 1.29 is 18.4 Å². The van der Waals surface area contributed by atoms with E-state index in [1.807, 2.05) is 38.1 Å². The van der Waals surface area contributed by atoms with Crippen LogP contribution in [0.2, 0.25) is 0 Å². The van der Waals surface area contributed by atoms with Crippen LogP contribution in [0.3, 0.4) is 0 Å². The Morgan fingerprint density at radius 2 is 1.70 bits per heavy atom. The quantitative estimate of drug-likeness (QED) is 0.278. The Labute approximate surface area is 176 Å². The largest absolute Gasteiger partial charge is 0.455 e. The van der Waals surface area contributed by atoms with E-state index in [4.69, 9.17) is 4.42 Å². The van der Waals surface area contributed by atoms with E-state index in [1.54, 1.807) is 18.2 Å². The molecule has 2 aromatic heterocycles. The summed E-state index contributed by atoms with van der Waals surface area (Å²) in [6.45, 7) is 4.00. The van der Waals surface area contributed by atoms with Crippen LogP contribution in [0, 0.1) is 12.7 Å². The molecule has 0 atom stereocenters. The van der Waals surface area contributed by atoms with Crippen LogP contribution in [0.4, 0.5) is 4.39 Å². The van der Waals surface area contributed by atoms with Crippen molar-refractivity contribution in [1.82, 2.24) is 0 Å². The maximum absolute atomic E-state index is 13.1. The molecule has 5 rings (SSSR count). The Kier molecular flexibility index (Phi) is 4.29. The van der Waals surface area contributed by atoms with Crippen molar-refractivity contribution in [2.24, 2.45) is 0 Å². The van der Waals surface area contributed by atoms with Crippen molar-refractivity contribution in [2.75, 3.05) is 0 Å². The van der Waals surface area contributed by atoms with Crippen LogP contribution in [0.1, 0.15) is 43.6 Å². The van der Waals surface area contributed by atoms with Gasteiger partial charge < -0.3 is 4.42 Å². The lowest BCUT2D eigenvalue weighted by atomic mass is 9.99. The molecule has 0 bridgehead atoms. The Balaban J connectivity index is 1.50. The highest BCUT2D eigenvalue weighted by Crippen LogP contribution is 2.36. The predicted octanol–water partition coefficient (Wildman–Crippen LogP) is 6.63. The summed E-state index contributed by atoms with van der Waals surface area (Å²) in [4.78, 5) is 26.5. The molecule has 5 heteroatoms. The molecule has 2 aromatic carbocycles. The van der Waals surface area contributed by atoms with E-state index in [-0.39, 0.29) is 23.0 Å². The Hall–Kier alpha value is -3.31. The molecular weight excluding hydrogens is 399 g/mol. The Morgan fingerprint density at radius 3 is 2.37 bits per heavy atom. The molecule has 1 aliphatic rings. The van der Waals surface area contributed by atoms with Crippen LogP contribution in [0.5, 0.6) is 0 Å². The number of halogens is 1. The molecule has 0 amide bonds. The highest BCUT2D eigenvalue weighted by atomic mass is 32.1. The summed E-state index contributed by atoms with van der Waals surface area (Å²) in [7, 11) is 0. The summed E-state index contributed by atoms with van der Waals surface area (Å²) < 4.78 is 19.9. The van der Waals surface area contributed by atoms with Gasteiger partial charge in [-0.2, -0.15) is 0 Å². The van der Waals surface area contributed by atoms with Gasteiger partial charge in [0.25, 0.3) is 0 Å². The Bertz CT molecular complexity index is 1340. The number of furan rings is 1. The zero-order valence-electron chi connectivity index (χ0n) is 16.4. The molecule has 2 heterocycles. The molecule has 0 spiro atoms. The Morgan fingerprint density at radius 1 is 1.00 bits per heavy atom. The number of allylic oxidation sites excluding steroid dienone is 1. The second-order valence-electron chi connectivity index (χ2n) is 7.39. The first-order valence-electron chi connectivity index (χ1n) is 9.68. The smallest absolute Gasteiger partial charge is 0.197 e. The SMILES string of the molecule is CCc1cc2c(cc1C)C(=O)/C(=C/c1cc3oc(-c4ccc(F)cc4)cc3s1)C2=O. The number of ketones is 2. The number of Topliss-reactive ketones (excluding diaryl/α,β-unsaturated/α-hetero) is 2. The van der Waals surface area contributed by atoms with Crippen LogP contribution >= 0.6 is 11.3 Å². The average Bonchev–Trinajstić information content (AvgIpc) is 3.35. The lowest BCUT2D eigenvalue weighted by Crippen LogP contribution is -1.99. The minimum absolute atomic E-state index is 0.195. The molecule has 1 aliphatic carbocycles. The van der Waals surface area contributed by atoms with E-state index in [2.05, 4.69) is 0 Å². The van der Waals surface area contributed by atoms with E-state index < -0.39 is 0 Å². The van der Waals surface area contributed by atoms with Gasteiger partial charge in [0.15, 0.2) is 11.6 Å². The number of aryl methyl sites for hydroxylation is 2. The first-order chi connectivity index (χ1) is 14.4. The number of fused-ring (bicyclic) bond motifs is 2. The maximum Gasteiger partial charge on any atom is 0.197 e. The second kappa shape index (κ2) is 6.89. The highest BCUT2D eigenvalue weighted by Gasteiger charge is 2.33. The van der Waals surface area contributed by atoms with Gasteiger partial charge >= 0.3 is 0 Å². The molecule has 0 N–H and O–H groups in total. The van der Waals surface area contributed by atoms with Gasteiger partial charge in [0, 0.05) is 27.6 Å². The minimum Gasteiger partial charge on any atom is -0.455 e. The van der Waals surface area contributed by atoms with Gasteiger partial charge in [-0.1, -0.05) is 6.92 Å². The molecule has 0 radical (unpaired) electrons. The average molecular weight is 416 g/mol. The summed E-state index contributed by atoms with van der Waals surface area (Å²) in [6.07, 6.45) is 2.47. The zero-order chi connectivity index (χ0) is 21.0. The van der Waals surface area contributed by atoms with E-state index in [0.29, 0.717) is 22.5 Å². The third-order valence-electron chi connectivity index (χ3n) is 5.48. The van der Waals surface area contributed by atoms with Gasteiger partial charge in [-0.3, -0.25) is 9.59 Å². The molecule has 0 saturated heterocycles. The molecule has 3 nitrogen and oxygen atoms in total. The van der Waals surface area contributed by atoms with Crippen LogP contribution < -0.4 is 0 Å². The molecule has 0 aliphatic heterocycles. The van der Waals surface area contributed by atoms with Crippen molar-refractivity contribution >= 4 is 39.3 Å². The molecular formula is C25H17FO3S. The second-order valence-corrected chi connectivity index (χ2v) is 8.50. The normalized spacial score (nSPS) is 14.8. The molecule has 30 heavy (non-hydrogen) atoms. The van der Waals surface area contributed by atoms with Crippen LogP contribution in [-0.2, 0) is 6.42 Å². The molecule has 4 aromatic rings. The molecule has 0 fully saturated rings. The molecule has 0 saturated carbocycles. The van der Waals surface area contributed by atoms with Crippen LogP contribution in [0.15, 0.2) is 58.5 Å². The van der Waals surface area contributed by atoms with E-state index >= 15 is 0 Å². The zero-order valence-corrected chi connectivity index (χ0v) is 17.2. The van der Waals surface area contributed by atoms with Crippen molar-refractivity contribution in [3.05, 3.63) is 87.1 Å². The van der Waals surface area contributed by atoms with E-state index in [9.17, 15) is 14.0 Å². The summed E-state index contributed by atoms with van der Waals surface area (Å²) >= 11 is 1.45. The fraction of sp³-hybridized carbons (Fsp3) is 0.120. The minimum atomic E-state index is -0.297. The number of carbonyl (C=O) groups is 2. The van der Waals surface area contributed by atoms with Gasteiger partial charge in [0.1, 0.15) is 17.2 Å². The highest BCUT2D eigenvalue weighted by molar-refractivity contribution is 7.19. The summed E-state index contributed by atoms with van der Waals surface area (Å²) in [6, 6.07) is 13.5. The molecule has 148 valence electrons. The van der Waals surface area contributed by atoms with Gasteiger partial charge in [-0.25, -0.2) is 4.39 Å². The first kappa shape index (κ1) is 18.7. The summed E-state index contributed by atoms with van der Waals surface area (Å²) in [5.41, 5.74) is 4.75. The fourth-order valence-corrected chi connectivity index (χ4v) is 4.82. The van der Waals surface area contributed by atoms with Crippen molar-refractivity contribution in [2.45, 2.75) is 20.3 Å². The van der Waals surface area contributed by atoms with Crippen LogP contribution in [0.25, 0.3) is 27.7 Å².